The second-order valence-corrected chi connectivity index (χ2v) is 6.07. The van der Waals surface area contributed by atoms with E-state index in [-0.39, 0.29) is 6.03 Å². The van der Waals surface area contributed by atoms with Gasteiger partial charge in [0.25, 0.3) is 0 Å². The summed E-state index contributed by atoms with van der Waals surface area (Å²) in [7, 11) is 3.07. The van der Waals surface area contributed by atoms with Gasteiger partial charge in [0.1, 0.15) is 0 Å². The second kappa shape index (κ2) is 8.11. The minimum atomic E-state index is -0.874. The number of methoxy groups -OCH3 is 2. The van der Waals surface area contributed by atoms with Crippen LogP contribution in [0.25, 0.3) is 0 Å². The van der Waals surface area contributed by atoms with E-state index in [0.29, 0.717) is 49.1 Å². The van der Waals surface area contributed by atoms with Gasteiger partial charge in [0.2, 0.25) is 0 Å². The minimum absolute atomic E-state index is 0.229. The third-order valence-electron chi connectivity index (χ3n) is 4.47. The monoisotopic (exact) mass is 377 g/mol. The Morgan fingerprint density at radius 1 is 0.926 bits per heavy atom. The molecule has 144 valence electrons. The third-order valence-corrected chi connectivity index (χ3v) is 4.47. The molecule has 0 radical (unpaired) electrons. The Bertz CT molecular complexity index is 824. The molecule has 0 spiro atoms. The average Bonchev–Trinajstić information content (AvgIpc) is 2.70. The van der Waals surface area contributed by atoms with Gasteiger partial charge in [-0.05, 0) is 24.3 Å². The number of nitrogens with zero attached hydrogens (tertiary/aromatic N) is 2. The minimum Gasteiger partial charge on any atom is -0.493 e. The van der Waals surface area contributed by atoms with Crippen LogP contribution in [0.15, 0.2) is 36.4 Å². The highest BCUT2D eigenvalue weighted by Crippen LogP contribution is 2.30. The molecule has 6 nitrogen and oxygen atoms in total. The Morgan fingerprint density at radius 2 is 1.63 bits per heavy atom. The first-order chi connectivity index (χ1) is 13.0. The van der Waals surface area contributed by atoms with Crippen molar-refractivity contribution in [2.24, 2.45) is 0 Å². The molecule has 0 atom stereocenters. The molecular formula is C19H21F2N3O3. The van der Waals surface area contributed by atoms with Crippen LogP contribution in [0.4, 0.5) is 25.0 Å². The summed E-state index contributed by atoms with van der Waals surface area (Å²) in [5, 5.41) is 2.83. The lowest BCUT2D eigenvalue weighted by Gasteiger charge is -2.36. The molecule has 0 aliphatic carbocycles. The van der Waals surface area contributed by atoms with E-state index in [4.69, 9.17) is 9.47 Å². The molecule has 1 aliphatic rings. The zero-order valence-electron chi connectivity index (χ0n) is 15.2. The fourth-order valence-corrected chi connectivity index (χ4v) is 2.97. The highest BCUT2D eigenvalue weighted by Gasteiger charge is 2.22. The predicted octanol–water partition coefficient (Wildman–Crippen LogP) is 3.34. The van der Waals surface area contributed by atoms with E-state index < -0.39 is 11.6 Å². The number of hydrogen-bond donors (Lipinski definition) is 1. The molecule has 2 amide bonds. The molecule has 0 aromatic heterocycles. The standard InChI is InChI=1S/C19H21F2N3O3/c1-26-17-6-3-13(11-18(17)27-2)22-19(25)24-9-7-23(8-10-24)14-4-5-15(20)16(21)12-14/h3-6,11-12H,7-10H2,1-2H3,(H,22,25). The number of amides is 2. The van der Waals surface area contributed by atoms with E-state index >= 15 is 0 Å². The third kappa shape index (κ3) is 4.21. The Kier molecular flexibility index (Phi) is 5.63. The number of carbonyl (C=O) groups excluding carboxylic acids is 1. The van der Waals surface area contributed by atoms with E-state index in [1.54, 1.807) is 30.2 Å². The lowest BCUT2D eigenvalue weighted by molar-refractivity contribution is 0.208. The lowest BCUT2D eigenvalue weighted by atomic mass is 10.2. The molecule has 0 saturated carbocycles. The fourth-order valence-electron chi connectivity index (χ4n) is 2.97. The molecule has 1 aliphatic heterocycles. The van der Waals surface area contributed by atoms with Crippen LogP contribution in [0, 0.1) is 11.6 Å². The van der Waals surface area contributed by atoms with Crippen molar-refractivity contribution in [2.45, 2.75) is 0 Å². The van der Waals surface area contributed by atoms with Gasteiger partial charge < -0.3 is 24.6 Å². The van der Waals surface area contributed by atoms with Gasteiger partial charge in [-0.3, -0.25) is 0 Å². The zero-order chi connectivity index (χ0) is 19.4. The Hall–Kier alpha value is -3.03. The molecule has 0 bridgehead atoms. The van der Waals surface area contributed by atoms with E-state index in [1.165, 1.54) is 19.2 Å². The van der Waals surface area contributed by atoms with Crippen molar-refractivity contribution in [1.29, 1.82) is 0 Å². The van der Waals surface area contributed by atoms with Crippen molar-refractivity contribution in [3.8, 4) is 11.5 Å². The number of urea groups is 1. The van der Waals surface area contributed by atoms with Crippen LogP contribution >= 0.6 is 0 Å². The lowest BCUT2D eigenvalue weighted by Crippen LogP contribution is -2.50. The average molecular weight is 377 g/mol. The number of anilines is 2. The van der Waals surface area contributed by atoms with Crippen LogP contribution in [0.3, 0.4) is 0 Å². The zero-order valence-corrected chi connectivity index (χ0v) is 15.2. The van der Waals surface area contributed by atoms with Crippen molar-refractivity contribution < 1.29 is 23.0 Å². The first-order valence-electron chi connectivity index (χ1n) is 8.50. The molecule has 8 heteroatoms. The number of rotatable bonds is 4. The number of piperazine rings is 1. The first-order valence-corrected chi connectivity index (χ1v) is 8.50. The van der Waals surface area contributed by atoms with Gasteiger partial charge in [0.05, 0.1) is 14.2 Å². The summed E-state index contributed by atoms with van der Waals surface area (Å²) in [6.07, 6.45) is 0. The molecule has 1 saturated heterocycles. The van der Waals surface area contributed by atoms with Gasteiger partial charge in [-0.2, -0.15) is 0 Å². The summed E-state index contributed by atoms with van der Waals surface area (Å²) in [5.41, 5.74) is 1.20. The Morgan fingerprint density at radius 3 is 2.26 bits per heavy atom. The van der Waals surface area contributed by atoms with Gasteiger partial charge in [-0.1, -0.05) is 0 Å². The molecule has 2 aromatic carbocycles. The van der Waals surface area contributed by atoms with Crippen LogP contribution in [0.1, 0.15) is 0 Å². The van der Waals surface area contributed by atoms with Gasteiger partial charge in [-0.15, -0.1) is 0 Å². The fraction of sp³-hybridized carbons (Fsp3) is 0.316. The first kappa shape index (κ1) is 18.8. The molecular weight excluding hydrogens is 356 g/mol. The van der Waals surface area contributed by atoms with Crippen molar-refractivity contribution in [3.05, 3.63) is 48.0 Å². The smallest absolute Gasteiger partial charge is 0.321 e. The second-order valence-electron chi connectivity index (χ2n) is 6.07. The summed E-state index contributed by atoms with van der Waals surface area (Å²) in [6.45, 7) is 2.01. The van der Waals surface area contributed by atoms with Gasteiger partial charge in [0.15, 0.2) is 23.1 Å². The number of nitrogens with one attached hydrogen (secondary N) is 1. The van der Waals surface area contributed by atoms with Crippen molar-refractivity contribution >= 4 is 17.4 Å². The van der Waals surface area contributed by atoms with E-state index in [0.717, 1.165) is 6.07 Å². The number of hydrogen-bond acceptors (Lipinski definition) is 4. The van der Waals surface area contributed by atoms with E-state index in [1.807, 2.05) is 4.90 Å². The topological polar surface area (TPSA) is 54.0 Å². The molecule has 27 heavy (non-hydrogen) atoms. The number of ether oxygens (including phenoxy) is 2. The maximum atomic E-state index is 13.4. The van der Waals surface area contributed by atoms with Gasteiger partial charge in [0, 0.05) is 49.7 Å². The maximum absolute atomic E-state index is 13.4. The molecule has 1 N–H and O–H groups in total. The Balaban J connectivity index is 1.59. The molecule has 0 unspecified atom stereocenters. The van der Waals surface area contributed by atoms with Crippen LogP contribution in [0.5, 0.6) is 11.5 Å². The van der Waals surface area contributed by atoms with Crippen molar-refractivity contribution in [2.75, 3.05) is 50.6 Å². The number of carbonyl (C=O) groups is 1. The van der Waals surface area contributed by atoms with Gasteiger partial charge in [-0.25, -0.2) is 13.6 Å². The van der Waals surface area contributed by atoms with Crippen molar-refractivity contribution in [3.63, 3.8) is 0 Å². The summed E-state index contributed by atoms with van der Waals surface area (Å²) >= 11 is 0. The van der Waals surface area contributed by atoms with Crippen molar-refractivity contribution in [1.82, 2.24) is 4.90 Å². The molecule has 1 fully saturated rings. The highest BCUT2D eigenvalue weighted by atomic mass is 19.2. The Labute approximate surface area is 156 Å². The van der Waals surface area contributed by atoms with E-state index in [2.05, 4.69) is 5.32 Å². The quantitative estimate of drug-likeness (QED) is 0.888. The van der Waals surface area contributed by atoms with Crippen LogP contribution < -0.4 is 19.7 Å². The number of benzene rings is 2. The van der Waals surface area contributed by atoms with Crippen LogP contribution in [0.2, 0.25) is 0 Å². The number of halogens is 2. The van der Waals surface area contributed by atoms with Crippen LogP contribution in [-0.4, -0.2) is 51.3 Å². The molecule has 1 heterocycles. The highest BCUT2D eigenvalue weighted by molar-refractivity contribution is 5.90. The summed E-state index contributed by atoms with van der Waals surface area (Å²) in [5.74, 6) is -0.637. The predicted molar refractivity (Wildman–Crippen MR) is 98.7 cm³/mol. The normalized spacial score (nSPS) is 14.1. The van der Waals surface area contributed by atoms with Crippen LogP contribution in [-0.2, 0) is 0 Å². The summed E-state index contributed by atoms with van der Waals surface area (Å²) in [6, 6.07) is 8.74. The summed E-state index contributed by atoms with van der Waals surface area (Å²) in [4.78, 5) is 16.1. The van der Waals surface area contributed by atoms with Gasteiger partial charge >= 0.3 is 6.03 Å². The summed E-state index contributed by atoms with van der Waals surface area (Å²) < 4.78 is 36.9. The molecule has 3 rings (SSSR count). The largest absolute Gasteiger partial charge is 0.493 e. The molecule has 2 aromatic rings. The maximum Gasteiger partial charge on any atom is 0.321 e. The SMILES string of the molecule is COc1ccc(NC(=O)N2CCN(c3ccc(F)c(F)c3)CC2)cc1OC. The van der Waals surface area contributed by atoms with E-state index in [9.17, 15) is 13.6 Å².